The Morgan fingerprint density at radius 2 is 2.19 bits per heavy atom. The fourth-order valence-electron chi connectivity index (χ4n) is 1.44. The van der Waals surface area contributed by atoms with Crippen LogP contribution in [-0.4, -0.2) is 16.6 Å². The van der Waals surface area contributed by atoms with Crippen molar-refractivity contribution >= 4 is 18.2 Å². The molecule has 6 heteroatoms. The van der Waals surface area contributed by atoms with Crippen LogP contribution in [0.3, 0.4) is 0 Å². The molecule has 1 aromatic heterocycles. The molecule has 0 bridgehead atoms. The summed E-state index contributed by atoms with van der Waals surface area (Å²) in [6.07, 6.45) is 5.60. The highest BCUT2D eigenvalue weighted by molar-refractivity contribution is 5.92. The number of hydrogen-bond donors (Lipinski definition) is 3. The Bertz CT molecular complexity index is 403. The van der Waals surface area contributed by atoms with Crippen LogP contribution < -0.4 is 16.8 Å². The molecule has 0 amide bonds. The molecule has 1 unspecified atom stereocenters. The topological polar surface area (TPSA) is 89.3 Å². The second kappa shape index (κ2) is 4.96. The lowest BCUT2D eigenvalue weighted by molar-refractivity contribution is 0.386. The van der Waals surface area contributed by atoms with E-state index < -0.39 is 5.79 Å². The Hall–Kier alpha value is -1.59. The fourth-order valence-corrected chi connectivity index (χ4v) is 1.44. The summed E-state index contributed by atoms with van der Waals surface area (Å²) >= 11 is 0. The van der Waals surface area contributed by atoms with Gasteiger partial charge in [-0.3, -0.25) is 10.7 Å². The molecule has 1 aromatic rings. The molecule has 0 radical (unpaired) electrons. The zero-order chi connectivity index (χ0) is 10.7. The van der Waals surface area contributed by atoms with Crippen LogP contribution in [0.25, 0.3) is 0 Å². The summed E-state index contributed by atoms with van der Waals surface area (Å²) in [6, 6.07) is 5.68. The molecule has 2 heterocycles. The summed E-state index contributed by atoms with van der Waals surface area (Å²) < 4.78 is 0. The average molecular weight is 240 g/mol. The van der Waals surface area contributed by atoms with Crippen LogP contribution in [0.5, 0.6) is 0 Å². The lowest BCUT2D eigenvalue weighted by Crippen LogP contribution is -2.54. The highest BCUT2D eigenvalue weighted by atomic mass is 35.5. The number of rotatable bonds is 2. The number of pyridine rings is 1. The second-order valence-electron chi connectivity index (χ2n) is 3.44. The van der Waals surface area contributed by atoms with Crippen molar-refractivity contribution in [1.82, 2.24) is 10.3 Å². The number of hydrogen-bond acceptors (Lipinski definition) is 5. The number of nitrogens with zero attached hydrogens (tertiary/aromatic N) is 2. The van der Waals surface area contributed by atoms with Crippen LogP contribution in [0, 0.1) is 0 Å². The number of halogens is 1. The molecule has 0 aromatic carbocycles. The Morgan fingerprint density at radius 3 is 2.81 bits per heavy atom. The summed E-state index contributed by atoms with van der Waals surface area (Å²) in [5.41, 5.74) is 12.5. The number of aromatic nitrogens is 1. The molecule has 1 aliphatic rings. The quantitative estimate of drug-likeness (QED) is 0.685. The second-order valence-corrected chi connectivity index (χ2v) is 3.44. The first-order valence-corrected chi connectivity index (χ1v) is 4.66. The zero-order valence-electron chi connectivity index (χ0n) is 8.63. The molecule has 0 aliphatic carbocycles. The van der Waals surface area contributed by atoms with Gasteiger partial charge in [-0.15, -0.1) is 12.4 Å². The van der Waals surface area contributed by atoms with Crippen molar-refractivity contribution in [2.45, 2.75) is 12.2 Å². The predicted molar refractivity (Wildman–Crippen MR) is 66.0 cm³/mol. The first kappa shape index (κ1) is 12.5. The van der Waals surface area contributed by atoms with Crippen LogP contribution in [0.4, 0.5) is 0 Å². The summed E-state index contributed by atoms with van der Waals surface area (Å²) in [7, 11) is 0. The van der Waals surface area contributed by atoms with E-state index >= 15 is 0 Å². The van der Waals surface area contributed by atoms with E-state index in [0.29, 0.717) is 12.3 Å². The van der Waals surface area contributed by atoms with Crippen molar-refractivity contribution in [1.29, 1.82) is 0 Å². The van der Waals surface area contributed by atoms with E-state index in [1.807, 2.05) is 18.2 Å². The maximum atomic E-state index is 6.01. The SMILES string of the molecule is Cl.NC1=NC(N)(Cc2ccccn2)NC=C1. The van der Waals surface area contributed by atoms with Crippen LogP contribution in [0.1, 0.15) is 5.69 Å². The molecule has 86 valence electrons. The van der Waals surface area contributed by atoms with Crippen LogP contribution >= 0.6 is 12.4 Å². The van der Waals surface area contributed by atoms with E-state index in [2.05, 4.69) is 15.3 Å². The van der Waals surface area contributed by atoms with Gasteiger partial charge < -0.3 is 11.1 Å². The third-order valence-corrected chi connectivity index (χ3v) is 2.09. The number of nitrogens with two attached hydrogens (primary N) is 2. The van der Waals surface area contributed by atoms with Crippen molar-refractivity contribution in [3.63, 3.8) is 0 Å². The van der Waals surface area contributed by atoms with Crippen molar-refractivity contribution in [3.8, 4) is 0 Å². The van der Waals surface area contributed by atoms with Gasteiger partial charge in [0.2, 0.25) is 0 Å². The Morgan fingerprint density at radius 1 is 1.38 bits per heavy atom. The maximum absolute atomic E-state index is 6.01. The van der Waals surface area contributed by atoms with Gasteiger partial charge in [0.25, 0.3) is 0 Å². The van der Waals surface area contributed by atoms with E-state index in [0.717, 1.165) is 5.69 Å². The molecular formula is C10H14ClN5. The van der Waals surface area contributed by atoms with Gasteiger partial charge in [0.05, 0.1) is 0 Å². The zero-order valence-corrected chi connectivity index (χ0v) is 9.45. The average Bonchev–Trinajstić information content (AvgIpc) is 2.18. The molecule has 0 saturated carbocycles. The van der Waals surface area contributed by atoms with Crippen LogP contribution in [0.2, 0.25) is 0 Å². The summed E-state index contributed by atoms with van der Waals surface area (Å²) in [5, 5.41) is 2.96. The minimum Gasteiger partial charge on any atom is -0.384 e. The van der Waals surface area contributed by atoms with Crippen molar-refractivity contribution in [2.75, 3.05) is 0 Å². The highest BCUT2D eigenvalue weighted by Crippen LogP contribution is 2.10. The van der Waals surface area contributed by atoms with Gasteiger partial charge in [0.15, 0.2) is 5.79 Å². The normalized spacial score (nSPS) is 22.9. The van der Waals surface area contributed by atoms with Gasteiger partial charge in [0.1, 0.15) is 5.84 Å². The molecule has 1 atom stereocenters. The number of aliphatic imine (C=N–C) groups is 1. The van der Waals surface area contributed by atoms with Crippen LogP contribution in [0.15, 0.2) is 41.7 Å². The van der Waals surface area contributed by atoms with Crippen molar-refractivity contribution < 1.29 is 0 Å². The first-order valence-electron chi connectivity index (χ1n) is 4.66. The molecule has 0 fully saturated rings. The summed E-state index contributed by atoms with van der Waals surface area (Å²) in [4.78, 5) is 8.33. The fraction of sp³-hybridized carbons (Fsp3) is 0.200. The summed E-state index contributed by atoms with van der Waals surface area (Å²) in [5.74, 6) is -0.458. The first-order chi connectivity index (χ1) is 7.18. The van der Waals surface area contributed by atoms with Gasteiger partial charge in [-0.25, -0.2) is 4.99 Å². The molecule has 16 heavy (non-hydrogen) atoms. The molecule has 2 rings (SSSR count). The van der Waals surface area contributed by atoms with Gasteiger partial charge in [-0.05, 0) is 18.2 Å². The van der Waals surface area contributed by atoms with E-state index in [9.17, 15) is 0 Å². The molecular weight excluding hydrogens is 226 g/mol. The van der Waals surface area contributed by atoms with E-state index in [1.165, 1.54) is 0 Å². The van der Waals surface area contributed by atoms with E-state index in [-0.39, 0.29) is 12.4 Å². The monoisotopic (exact) mass is 239 g/mol. The van der Waals surface area contributed by atoms with Gasteiger partial charge in [0, 0.05) is 24.5 Å². The van der Waals surface area contributed by atoms with E-state index in [4.69, 9.17) is 11.5 Å². The van der Waals surface area contributed by atoms with Crippen molar-refractivity contribution in [3.05, 3.63) is 42.4 Å². The van der Waals surface area contributed by atoms with Gasteiger partial charge in [-0.2, -0.15) is 0 Å². The largest absolute Gasteiger partial charge is 0.384 e. The Balaban J connectivity index is 0.00000128. The van der Waals surface area contributed by atoms with Crippen molar-refractivity contribution in [2.24, 2.45) is 16.5 Å². The molecule has 0 saturated heterocycles. The van der Waals surface area contributed by atoms with Gasteiger partial charge >= 0.3 is 0 Å². The molecule has 5 N–H and O–H groups in total. The summed E-state index contributed by atoms with van der Waals surface area (Å²) in [6.45, 7) is 0. The van der Waals surface area contributed by atoms with Crippen LogP contribution in [-0.2, 0) is 6.42 Å². The highest BCUT2D eigenvalue weighted by Gasteiger charge is 2.25. The number of amidine groups is 1. The Kier molecular flexibility index (Phi) is 3.87. The minimum atomic E-state index is -0.882. The lowest BCUT2D eigenvalue weighted by Gasteiger charge is -2.27. The third kappa shape index (κ3) is 2.95. The smallest absolute Gasteiger partial charge is 0.189 e. The minimum absolute atomic E-state index is 0. The Labute approximate surface area is 100 Å². The van der Waals surface area contributed by atoms with E-state index in [1.54, 1.807) is 18.5 Å². The maximum Gasteiger partial charge on any atom is 0.189 e. The molecule has 1 aliphatic heterocycles. The predicted octanol–water partition coefficient (Wildman–Crippen LogP) is 0.132. The third-order valence-electron chi connectivity index (χ3n) is 2.09. The number of nitrogens with one attached hydrogen (secondary N) is 1. The molecule has 0 spiro atoms. The lowest BCUT2D eigenvalue weighted by atomic mass is 10.1. The molecule has 5 nitrogen and oxygen atoms in total. The standard InChI is InChI=1S/C10H13N5.ClH/c11-9-4-6-14-10(12,15-9)7-8-3-1-2-5-13-8;/h1-6,14H,7,12H2,(H2,11,15);1H. The van der Waals surface area contributed by atoms with Gasteiger partial charge in [-0.1, -0.05) is 6.07 Å².